The molecule has 0 saturated heterocycles. The van der Waals surface area contributed by atoms with Gasteiger partial charge >= 0.3 is 0 Å². The fraction of sp³-hybridized carbons (Fsp3) is 0.625. The van der Waals surface area contributed by atoms with Crippen LogP contribution in [-0.2, 0) is 16.6 Å². The number of nitrogens with zero attached hydrogens (tertiary/aromatic N) is 1. The van der Waals surface area contributed by atoms with E-state index in [0.29, 0.717) is 6.42 Å². The largest absolute Gasteiger partial charge is 0.321 e. The van der Waals surface area contributed by atoms with Crippen LogP contribution in [0.3, 0.4) is 0 Å². The van der Waals surface area contributed by atoms with Gasteiger partial charge in [-0.1, -0.05) is 40.7 Å². The van der Waals surface area contributed by atoms with Crippen LogP contribution < -0.4 is 5.73 Å². The van der Waals surface area contributed by atoms with Gasteiger partial charge in [-0.25, -0.2) is 0 Å². The van der Waals surface area contributed by atoms with E-state index in [2.05, 4.69) is 31.8 Å². The highest BCUT2D eigenvalue weighted by Gasteiger charge is 2.18. The highest BCUT2D eigenvalue weighted by Crippen LogP contribution is 2.22. The molecule has 0 bridgehead atoms. The number of hydrogen-bond donors (Lipinski definition) is 1. The SMILES string of the molecule is CC(C)[C@H](N)C(=O)CCc1cncc(C(C)(C)C)c1. The van der Waals surface area contributed by atoms with Crippen molar-refractivity contribution >= 4 is 5.78 Å². The standard InChI is InChI=1S/C16H26N2O/c1-11(2)15(17)14(19)7-6-12-8-13(10-18-9-12)16(3,4)5/h8-11,15H,6-7,17H2,1-5H3/t15-/m0/s1. The summed E-state index contributed by atoms with van der Waals surface area (Å²) in [7, 11) is 0. The molecule has 0 amide bonds. The van der Waals surface area contributed by atoms with Crippen molar-refractivity contribution in [3.8, 4) is 0 Å². The summed E-state index contributed by atoms with van der Waals surface area (Å²) in [5.41, 5.74) is 8.25. The van der Waals surface area contributed by atoms with E-state index in [1.807, 2.05) is 26.2 Å². The van der Waals surface area contributed by atoms with Crippen LogP contribution in [-0.4, -0.2) is 16.8 Å². The molecule has 0 aliphatic rings. The Kier molecular flexibility index (Phi) is 5.24. The Morgan fingerprint density at radius 1 is 1.32 bits per heavy atom. The van der Waals surface area contributed by atoms with Gasteiger partial charge in [-0.05, 0) is 28.9 Å². The summed E-state index contributed by atoms with van der Waals surface area (Å²) < 4.78 is 0. The lowest BCUT2D eigenvalue weighted by molar-refractivity contribution is -0.121. The van der Waals surface area contributed by atoms with E-state index < -0.39 is 0 Å². The van der Waals surface area contributed by atoms with E-state index >= 15 is 0 Å². The average Bonchev–Trinajstić information content (AvgIpc) is 2.34. The minimum absolute atomic E-state index is 0.0847. The molecule has 1 atom stereocenters. The van der Waals surface area contributed by atoms with Gasteiger partial charge < -0.3 is 5.73 Å². The van der Waals surface area contributed by atoms with Crippen LogP contribution >= 0.6 is 0 Å². The third-order valence-electron chi connectivity index (χ3n) is 3.41. The number of ketones is 1. The number of hydrogen-bond acceptors (Lipinski definition) is 3. The normalized spacial score (nSPS) is 13.6. The molecule has 106 valence electrons. The molecule has 1 aromatic rings. The summed E-state index contributed by atoms with van der Waals surface area (Å²) in [6.45, 7) is 10.4. The second-order valence-electron chi connectivity index (χ2n) is 6.57. The zero-order valence-corrected chi connectivity index (χ0v) is 12.7. The first-order chi connectivity index (χ1) is 8.71. The van der Waals surface area contributed by atoms with Crippen molar-refractivity contribution in [2.75, 3.05) is 0 Å². The van der Waals surface area contributed by atoms with Crippen molar-refractivity contribution < 1.29 is 4.79 Å². The van der Waals surface area contributed by atoms with Gasteiger partial charge in [-0.3, -0.25) is 9.78 Å². The summed E-state index contributed by atoms with van der Waals surface area (Å²) in [6, 6.07) is 1.79. The lowest BCUT2D eigenvalue weighted by Crippen LogP contribution is -2.35. The number of nitrogens with two attached hydrogens (primary N) is 1. The van der Waals surface area contributed by atoms with Crippen molar-refractivity contribution in [2.45, 2.75) is 58.9 Å². The van der Waals surface area contributed by atoms with Gasteiger partial charge in [0.1, 0.15) is 5.78 Å². The van der Waals surface area contributed by atoms with Gasteiger partial charge in [-0.15, -0.1) is 0 Å². The Balaban J connectivity index is 2.66. The van der Waals surface area contributed by atoms with Gasteiger partial charge in [-0.2, -0.15) is 0 Å². The number of pyridine rings is 1. The van der Waals surface area contributed by atoms with Crippen LogP contribution in [0, 0.1) is 5.92 Å². The summed E-state index contributed by atoms with van der Waals surface area (Å²) in [5, 5.41) is 0. The zero-order chi connectivity index (χ0) is 14.6. The van der Waals surface area contributed by atoms with Crippen molar-refractivity contribution in [1.82, 2.24) is 4.98 Å². The molecule has 0 spiro atoms. The molecule has 0 aliphatic carbocycles. The molecule has 0 unspecified atom stereocenters. The molecule has 0 aromatic carbocycles. The lowest BCUT2D eigenvalue weighted by Gasteiger charge is -2.19. The maximum absolute atomic E-state index is 11.9. The van der Waals surface area contributed by atoms with E-state index in [1.54, 1.807) is 0 Å². The van der Waals surface area contributed by atoms with Gasteiger partial charge in [0.15, 0.2) is 0 Å². The number of Topliss-reactive ketones (excluding diaryl/α,β-unsaturated/α-hetero) is 1. The van der Waals surface area contributed by atoms with Crippen LogP contribution in [0.1, 0.15) is 52.2 Å². The number of rotatable bonds is 5. The quantitative estimate of drug-likeness (QED) is 0.887. The Morgan fingerprint density at radius 2 is 1.95 bits per heavy atom. The molecule has 1 heterocycles. The van der Waals surface area contributed by atoms with Crippen molar-refractivity contribution in [3.05, 3.63) is 29.6 Å². The third kappa shape index (κ3) is 4.75. The molecule has 1 rings (SSSR count). The van der Waals surface area contributed by atoms with Gasteiger partial charge in [0.2, 0.25) is 0 Å². The number of aromatic nitrogens is 1. The second-order valence-corrected chi connectivity index (χ2v) is 6.57. The van der Waals surface area contributed by atoms with Crippen LogP contribution in [0.25, 0.3) is 0 Å². The third-order valence-corrected chi connectivity index (χ3v) is 3.41. The minimum Gasteiger partial charge on any atom is -0.321 e. The highest BCUT2D eigenvalue weighted by atomic mass is 16.1. The smallest absolute Gasteiger partial charge is 0.150 e. The summed E-state index contributed by atoms with van der Waals surface area (Å²) in [4.78, 5) is 16.2. The number of carbonyl (C=O) groups is 1. The van der Waals surface area contributed by atoms with E-state index in [9.17, 15) is 4.79 Å². The van der Waals surface area contributed by atoms with Crippen LogP contribution in [0.4, 0.5) is 0 Å². The molecule has 3 nitrogen and oxygen atoms in total. The molecule has 2 N–H and O–H groups in total. The van der Waals surface area contributed by atoms with E-state index in [1.165, 1.54) is 5.56 Å². The van der Waals surface area contributed by atoms with E-state index in [-0.39, 0.29) is 23.2 Å². The molecule has 0 radical (unpaired) electrons. The van der Waals surface area contributed by atoms with Crippen molar-refractivity contribution in [3.63, 3.8) is 0 Å². The molecule has 0 fully saturated rings. The number of aryl methyl sites for hydroxylation is 1. The Morgan fingerprint density at radius 3 is 2.47 bits per heavy atom. The van der Waals surface area contributed by atoms with Crippen molar-refractivity contribution in [2.24, 2.45) is 11.7 Å². The number of carbonyl (C=O) groups excluding carboxylic acids is 1. The summed E-state index contributed by atoms with van der Waals surface area (Å²) in [6.07, 6.45) is 4.94. The highest BCUT2D eigenvalue weighted by molar-refractivity contribution is 5.84. The topological polar surface area (TPSA) is 56.0 Å². The predicted molar refractivity (Wildman–Crippen MR) is 79.1 cm³/mol. The zero-order valence-electron chi connectivity index (χ0n) is 12.7. The molecule has 0 aliphatic heterocycles. The molecular formula is C16H26N2O. The minimum atomic E-state index is -0.348. The molecule has 0 saturated carbocycles. The van der Waals surface area contributed by atoms with Crippen LogP contribution in [0.5, 0.6) is 0 Å². The van der Waals surface area contributed by atoms with Crippen LogP contribution in [0.15, 0.2) is 18.5 Å². The maximum Gasteiger partial charge on any atom is 0.150 e. The molecule has 19 heavy (non-hydrogen) atoms. The second kappa shape index (κ2) is 6.29. The summed E-state index contributed by atoms with van der Waals surface area (Å²) >= 11 is 0. The molecule has 3 heteroatoms. The Labute approximate surface area is 116 Å². The average molecular weight is 262 g/mol. The Hall–Kier alpha value is -1.22. The summed E-state index contributed by atoms with van der Waals surface area (Å²) in [5.74, 6) is 0.336. The lowest BCUT2D eigenvalue weighted by atomic mass is 9.87. The fourth-order valence-electron chi connectivity index (χ4n) is 1.84. The van der Waals surface area contributed by atoms with E-state index in [0.717, 1.165) is 12.0 Å². The first-order valence-corrected chi connectivity index (χ1v) is 6.94. The van der Waals surface area contributed by atoms with E-state index in [4.69, 9.17) is 5.73 Å². The van der Waals surface area contributed by atoms with Gasteiger partial charge in [0.05, 0.1) is 6.04 Å². The Bertz CT molecular complexity index is 433. The fourth-order valence-corrected chi connectivity index (χ4v) is 1.84. The first-order valence-electron chi connectivity index (χ1n) is 6.94. The van der Waals surface area contributed by atoms with Gasteiger partial charge in [0.25, 0.3) is 0 Å². The van der Waals surface area contributed by atoms with Gasteiger partial charge in [0, 0.05) is 18.8 Å². The van der Waals surface area contributed by atoms with Crippen molar-refractivity contribution in [1.29, 1.82) is 0 Å². The first kappa shape index (κ1) is 15.8. The van der Waals surface area contributed by atoms with Crippen LogP contribution in [0.2, 0.25) is 0 Å². The molecular weight excluding hydrogens is 236 g/mol. The monoisotopic (exact) mass is 262 g/mol. The predicted octanol–water partition coefficient (Wildman–Crippen LogP) is 2.86. The maximum atomic E-state index is 11.9. The molecule has 1 aromatic heterocycles.